The molecule has 1 heterocycles. The second-order valence-corrected chi connectivity index (χ2v) is 8.47. The standard InChI is InChI=1S/C25H30N2O5/c1-15(2)13-20(25(30)31-4)27(24(29)16(3)26)19-11-7-6-10-18(19)23(28)22-14-17-9-5-8-12-21(17)32-22/h5-12,15-16,20,22H,13-14,26H2,1-4H3/t16?,20-,22-/m0/s1. The second kappa shape index (κ2) is 9.96. The SMILES string of the molecule is COC(=O)[C@H](CC(C)C)N(C(=O)C(C)N)c1ccccc1C(=O)[C@@H]1Cc2ccccc2O1. The van der Waals surface area contributed by atoms with Gasteiger partial charge in [0.1, 0.15) is 11.8 Å². The molecule has 2 aromatic carbocycles. The average molecular weight is 439 g/mol. The number of hydrogen-bond acceptors (Lipinski definition) is 6. The number of anilines is 1. The normalized spacial score (nSPS) is 16.6. The molecule has 1 unspecified atom stereocenters. The molecular weight excluding hydrogens is 408 g/mol. The van der Waals surface area contributed by atoms with Crippen molar-refractivity contribution in [1.82, 2.24) is 0 Å². The number of carbonyl (C=O) groups is 3. The Labute approximate surface area is 188 Å². The van der Waals surface area contributed by atoms with E-state index in [4.69, 9.17) is 15.2 Å². The number of esters is 1. The second-order valence-electron chi connectivity index (χ2n) is 8.47. The highest BCUT2D eigenvalue weighted by molar-refractivity contribution is 6.10. The third-order valence-corrected chi connectivity index (χ3v) is 5.48. The van der Waals surface area contributed by atoms with E-state index in [0.29, 0.717) is 29.8 Å². The fraction of sp³-hybridized carbons (Fsp3) is 0.400. The van der Waals surface area contributed by atoms with Crippen molar-refractivity contribution in [1.29, 1.82) is 0 Å². The van der Waals surface area contributed by atoms with Crippen molar-refractivity contribution in [2.45, 2.75) is 51.8 Å². The first kappa shape index (κ1) is 23.5. The van der Waals surface area contributed by atoms with Gasteiger partial charge in [-0.25, -0.2) is 4.79 Å². The first-order valence-electron chi connectivity index (χ1n) is 10.8. The molecule has 2 aromatic rings. The molecule has 0 bridgehead atoms. The molecule has 0 aliphatic carbocycles. The van der Waals surface area contributed by atoms with Gasteiger partial charge in [-0.05, 0) is 43.0 Å². The zero-order chi connectivity index (χ0) is 23.4. The minimum Gasteiger partial charge on any atom is -0.482 e. The van der Waals surface area contributed by atoms with Gasteiger partial charge in [0.05, 0.1) is 18.8 Å². The van der Waals surface area contributed by atoms with Crippen LogP contribution in [0.4, 0.5) is 5.69 Å². The van der Waals surface area contributed by atoms with E-state index in [9.17, 15) is 14.4 Å². The summed E-state index contributed by atoms with van der Waals surface area (Å²) in [6, 6.07) is 12.5. The summed E-state index contributed by atoms with van der Waals surface area (Å²) >= 11 is 0. The van der Waals surface area contributed by atoms with Crippen molar-refractivity contribution in [2.75, 3.05) is 12.0 Å². The van der Waals surface area contributed by atoms with Crippen LogP contribution in [0.3, 0.4) is 0 Å². The smallest absolute Gasteiger partial charge is 0.328 e. The summed E-state index contributed by atoms with van der Waals surface area (Å²) in [6.07, 6.45) is 0.0956. The fourth-order valence-corrected chi connectivity index (χ4v) is 3.94. The maximum atomic E-state index is 13.5. The van der Waals surface area contributed by atoms with Crippen LogP contribution in [-0.4, -0.2) is 43.0 Å². The average Bonchev–Trinajstić information content (AvgIpc) is 3.21. The maximum Gasteiger partial charge on any atom is 0.328 e. The summed E-state index contributed by atoms with van der Waals surface area (Å²) in [7, 11) is 1.28. The van der Waals surface area contributed by atoms with E-state index in [1.54, 1.807) is 31.2 Å². The summed E-state index contributed by atoms with van der Waals surface area (Å²) in [6.45, 7) is 5.45. The van der Waals surface area contributed by atoms with E-state index < -0.39 is 30.1 Å². The van der Waals surface area contributed by atoms with E-state index >= 15 is 0 Å². The molecule has 0 fully saturated rings. The van der Waals surface area contributed by atoms with Gasteiger partial charge >= 0.3 is 5.97 Å². The van der Waals surface area contributed by atoms with E-state index in [1.807, 2.05) is 38.1 Å². The number of ether oxygens (including phenoxy) is 2. The molecule has 1 aliphatic rings. The number of fused-ring (bicyclic) bond motifs is 1. The van der Waals surface area contributed by atoms with Crippen LogP contribution in [0.1, 0.15) is 43.1 Å². The van der Waals surface area contributed by atoms with Crippen LogP contribution >= 0.6 is 0 Å². The predicted octanol–water partition coefficient (Wildman–Crippen LogP) is 3.14. The van der Waals surface area contributed by atoms with Crippen molar-refractivity contribution in [3.63, 3.8) is 0 Å². The van der Waals surface area contributed by atoms with Gasteiger partial charge in [-0.1, -0.05) is 44.2 Å². The molecule has 170 valence electrons. The van der Waals surface area contributed by atoms with Crippen LogP contribution in [0.25, 0.3) is 0 Å². The molecule has 0 saturated carbocycles. The number of benzene rings is 2. The van der Waals surface area contributed by atoms with Crippen molar-refractivity contribution < 1.29 is 23.9 Å². The first-order valence-corrected chi connectivity index (χ1v) is 10.8. The molecule has 0 saturated heterocycles. The topological polar surface area (TPSA) is 98.9 Å². The lowest BCUT2D eigenvalue weighted by atomic mass is 9.96. The summed E-state index contributed by atoms with van der Waals surface area (Å²) in [5, 5.41) is 0. The minimum atomic E-state index is -0.908. The van der Waals surface area contributed by atoms with Crippen molar-refractivity contribution in [2.24, 2.45) is 11.7 Å². The van der Waals surface area contributed by atoms with Crippen LogP contribution in [0, 0.1) is 5.92 Å². The van der Waals surface area contributed by atoms with Crippen LogP contribution in [0.15, 0.2) is 48.5 Å². The Hall–Kier alpha value is -3.19. The lowest BCUT2D eigenvalue weighted by molar-refractivity contribution is -0.144. The summed E-state index contributed by atoms with van der Waals surface area (Å²) < 4.78 is 10.9. The molecule has 32 heavy (non-hydrogen) atoms. The molecule has 0 spiro atoms. The molecule has 7 nitrogen and oxygen atoms in total. The Morgan fingerprint density at radius 2 is 1.75 bits per heavy atom. The van der Waals surface area contributed by atoms with Gasteiger partial charge in [-0.3, -0.25) is 14.5 Å². The first-order chi connectivity index (χ1) is 15.2. The molecule has 1 aliphatic heterocycles. The summed E-state index contributed by atoms with van der Waals surface area (Å²) in [5.74, 6) is -0.499. The van der Waals surface area contributed by atoms with Gasteiger partial charge in [-0.2, -0.15) is 0 Å². The molecule has 3 rings (SSSR count). The molecule has 7 heteroatoms. The predicted molar refractivity (Wildman–Crippen MR) is 122 cm³/mol. The highest BCUT2D eigenvalue weighted by Crippen LogP contribution is 2.33. The lowest BCUT2D eigenvalue weighted by Gasteiger charge is -2.33. The number of rotatable bonds is 8. The number of carbonyl (C=O) groups excluding carboxylic acids is 3. The van der Waals surface area contributed by atoms with Crippen molar-refractivity contribution in [3.8, 4) is 5.75 Å². The largest absolute Gasteiger partial charge is 0.482 e. The van der Waals surface area contributed by atoms with Gasteiger partial charge in [-0.15, -0.1) is 0 Å². The Balaban J connectivity index is 2.04. The number of amides is 1. The number of methoxy groups -OCH3 is 1. The van der Waals surface area contributed by atoms with E-state index in [0.717, 1.165) is 5.56 Å². The monoisotopic (exact) mass is 438 g/mol. The molecule has 1 amide bonds. The van der Waals surface area contributed by atoms with Crippen molar-refractivity contribution >= 4 is 23.3 Å². The minimum absolute atomic E-state index is 0.0954. The third-order valence-electron chi connectivity index (χ3n) is 5.48. The summed E-state index contributed by atoms with van der Waals surface area (Å²) in [5.41, 5.74) is 7.53. The number of ketones is 1. The van der Waals surface area contributed by atoms with Crippen molar-refractivity contribution in [3.05, 3.63) is 59.7 Å². The number of para-hydroxylation sites is 2. The van der Waals surface area contributed by atoms with Crippen LogP contribution in [0.2, 0.25) is 0 Å². The Morgan fingerprint density at radius 1 is 1.09 bits per heavy atom. The molecular formula is C25H30N2O5. The molecule has 2 N–H and O–H groups in total. The van der Waals surface area contributed by atoms with Crippen LogP contribution in [0.5, 0.6) is 5.75 Å². The van der Waals surface area contributed by atoms with Gasteiger partial charge in [0.2, 0.25) is 11.7 Å². The fourth-order valence-electron chi connectivity index (χ4n) is 3.94. The number of nitrogens with zero attached hydrogens (tertiary/aromatic N) is 1. The Bertz CT molecular complexity index is 976. The van der Waals surface area contributed by atoms with Crippen LogP contribution < -0.4 is 15.4 Å². The third kappa shape index (κ3) is 4.83. The van der Waals surface area contributed by atoms with Gasteiger partial charge in [0, 0.05) is 12.0 Å². The zero-order valence-electron chi connectivity index (χ0n) is 18.9. The highest BCUT2D eigenvalue weighted by atomic mass is 16.5. The molecule has 0 radical (unpaired) electrons. The van der Waals surface area contributed by atoms with E-state index in [2.05, 4.69) is 0 Å². The maximum absolute atomic E-state index is 13.5. The van der Waals surface area contributed by atoms with Gasteiger partial charge in [0.25, 0.3) is 0 Å². The quantitative estimate of drug-likeness (QED) is 0.502. The molecule has 3 atom stereocenters. The number of Topliss-reactive ketones (excluding diaryl/α,β-unsaturated/α-hetero) is 1. The van der Waals surface area contributed by atoms with Gasteiger partial charge < -0.3 is 15.2 Å². The lowest BCUT2D eigenvalue weighted by Crippen LogP contribution is -2.52. The number of nitrogens with two attached hydrogens (primary N) is 1. The number of hydrogen-bond donors (Lipinski definition) is 1. The van der Waals surface area contributed by atoms with E-state index in [1.165, 1.54) is 12.0 Å². The Morgan fingerprint density at radius 3 is 2.38 bits per heavy atom. The summed E-state index contributed by atoms with van der Waals surface area (Å²) in [4.78, 5) is 40.8. The zero-order valence-corrected chi connectivity index (χ0v) is 18.9. The van der Waals surface area contributed by atoms with Crippen LogP contribution in [-0.2, 0) is 20.7 Å². The van der Waals surface area contributed by atoms with Gasteiger partial charge in [0.15, 0.2) is 6.10 Å². The highest BCUT2D eigenvalue weighted by Gasteiger charge is 2.38. The Kier molecular flexibility index (Phi) is 7.30. The van der Waals surface area contributed by atoms with E-state index in [-0.39, 0.29) is 11.7 Å². The molecule has 0 aromatic heterocycles.